The number of thiophene rings is 1. The van der Waals surface area contributed by atoms with E-state index in [-0.39, 0.29) is 29.8 Å². The fourth-order valence-corrected chi connectivity index (χ4v) is 3.29. The second-order valence-corrected chi connectivity index (χ2v) is 6.69. The van der Waals surface area contributed by atoms with E-state index in [0.717, 1.165) is 4.88 Å². The molecule has 21 heavy (non-hydrogen) atoms. The fourth-order valence-electron chi connectivity index (χ4n) is 2.39. The quantitative estimate of drug-likeness (QED) is 0.890. The Balaban J connectivity index is 2.09. The Bertz CT molecular complexity index is 594. The van der Waals surface area contributed by atoms with Crippen molar-refractivity contribution in [3.8, 4) is 0 Å². The van der Waals surface area contributed by atoms with E-state index < -0.39 is 11.9 Å². The maximum atomic E-state index is 12.2. The lowest BCUT2D eigenvalue weighted by Gasteiger charge is -2.20. The Labute approximate surface area is 126 Å². The summed E-state index contributed by atoms with van der Waals surface area (Å²) in [6.07, 6.45) is 0.177. The van der Waals surface area contributed by atoms with Gasteiger partial charge in [0.2, 0.25) is 11.8 Å². The van der Waals surface area contributed by atoms with Crippen molar-refractivity contribution >= 4 is 34.1 Å². The minimum Gasteiger partial charge on any atom is -0.478 e. The van der Waals surface area contributed by atoms with Crippen LogP contribution < -0.4 is 5.32 Å². The van der Waals surface area contributed by atoms with Crippen molar-refractivity contribution in [1.29, 1.82) is 0 Å². The zero-order valence-corrected chi connectivity index (χ0v) is 13.0. The molecule has 0 bridgehead atoms. The van der Waals surface area contributed by atoms with Crippen LogP contribution in [-0.4, -0.2) is 40.4 Å². The summed E-state index contributed by atoms with van der Waals surface area (Å²) in [5.74, 6) is -1.83. The molecule has 1 fully saturated rings. The minimum absolute atomic E-state index is 0.0361. The van der Waals surface area contributed by atoms with E-state index in [1.807, 2.05) is 13.8 Å². The SMILES string of the molecule is Cc1cc(C(=O)O)c(NC(=O)C2CC(=O)N(C(C)C)C2)s1. The first-order valence-corrected chi connectivity index (χ1v) is 7.55. The van der Waals surface area contributed by atoms with Gasteiger partial charge in [-0.25, -0.2) is 4.79 Å². The zero-order chi connectivity index (χ0) is 15.7. The molecule has 2 amide bonds. The van der Waals surface area contributed by atoms with E-state index in [1.165, 1.54) is 17.4 Å². The Morgan fingerprint density at radius 3 is 2.67 bits per heavy atom. The van der Waals surface area contributed by atoms with Gasteiger partial charge in [0.05, 0.1) is 11.5 Å². The predicted molar refractivity (Wildman–Crippen MR) is 79.6 cm³/mol. The molecule has 0 radical (unpaired) electrons. The van der Waals surface area contributed by atoms with Crippen LogP contribution in [0.5, 0.6) is 0 Å². The summed E-state index contributed by atoms with van der Waals surface area (Å²) in [7, 11) is 0. The highest BCUT2D eigenvalue weighted by Gasteiger charge is 2.35. The minimum atomic E-state index is -1.07. The fraction of sp³-hybridized carbons (Fsp3) is 0.500. The molecule has 0 spiro atoms. The van der Waals surface area contributed by atoms with Gasteiger partial charge in [-0.1, -0.05) is 0 Å². The van der Waals surface area contributed by atoms with Crippen LogP contribution in [0.25, 0.3) is 0 Å². The summed E-state index contributed by atoms with van der Waals surface area (Å²) in [6.45, 7) is 5.98. The molecule has 1 saturated heterocycles. The first-order chi connectivity index (χ1) is 9.79. The highest BCUT2D eigenvalue weighted by atomic mass is 32.1. The summed E-state index contributed by atoms with van der Waals surface area (Å²) in [5.41, 5.74) is 0.0934. The van der Waals surface area contributed by atoms with Crippen molar-refractivity contribution in [3.05, 3.63) is 16.5 Å². The van der Waals surface area contributed by atoms with Crippen LogP contribution in [0.2, 0.25) is 0 Å². The van der Waals surface area contributed by atoms with Gasteiger partial charge in [-0.05, 0) is 26.8 Å². The van der Waals surface area contributed by atoms with Crippen LogP contribution in [0.3, 0.4) is 0 Å². The second kappa shape index (κ2) is 5.85. The van der Waals surface area contributed by atoms with Crippen LogP contribution in [0, 0.1) is 12.8 Å². The summed E-state index contributed by atoms with van der Waals surface area (Å²) in [6, 6.07) is 1.59. The van der Waals surface area contributed by atoms with Crippen LogP contribution in [0.1, 0.15) is 35.5 Å². The van der Waals surface area contributed by atoms with Gasteiger partial charge in [-0.3, -0.25) is 9.59 Å². The number of hydrogen-bond acceptors (Lipinski definition) is 4. The Morgan fingerprint density at radius 1 is 1.48 bits per heavy atom. The molecule has 2 heterocycles. The number of hydrogen-bond donors (Lipinski definition) is 2. The third-order valence-corrected chi connectivity index (χ3v) is 4.44. The lowest BCUT2D eigenvalue weighted by Crippen LogP contribution is -2.33. The molecule has 7 heteroatoms. The molecule has 1 aliphatic heterocycles. The third-order valence-electron chi connectivity index (χ3n) is 3.48. The maximum Gasteiger partial charge on any atom is 0.338 e. The Hall–Kier alpha value is -1.89. The number of carbonyl (C=O) groups is 3. The number of nitrogens with zero attached hydrogens (tertiary/aromatic N) is 1. The number of aromatic carboxylic acids is 1. The van der Waals surface area contributed by atoms with E-state index in [1.54, 1.807) is 11.8 Å². The third kappa shape index (κ3) is 3.24. The van der Waals surface area contributed by atoms with Gasteiger partial charge >= 0.3 is 5.97 Å². The van der Waals surface area contributed by atoms with Gasteiger partial charge in [-0.2, -0.15) is 0 Å². The average molecular weight is 310 g/mol. The van der Waals surface area contributed by atoms with Crippen molar-refractivity contribution in [2.75, 3.05) is 11.9 Å². The molecule has 114 valence electrons. The van der Waals surface area contributed by atoms with Crippen LogP contribution >= 0.6 is 11.3 Å². The first-order valence-electron chi connectivity index (χ1n) is 6.73. The molecule has 0 aliphatic carbocycles. The summed E-state index contributed by atoms with van der Waals surface area (Å²) in [4.78, 5) is 37.7. The van der Waals surface area contributed by atoms with Crippen molar-refractivity contribution < 1.29 is 19.5 Å². The van der Waals surface area contributed by atoms with Crippen molar-refractivity contribution in [3.63, 3.8) is 0 Å². The highest BCUT2D eigenvalue weighted by Crippen LogP contribution is 2.29. The number of carbonyl (C=O) groups excluding carboxylic acids is 2. The summed E-state index contributed by atoms with van der Waals surface area (Å²) < 4.78 is 0. The smallest absolute Gasteiger partial charge is 0.338 e. The summed E-state index contributed by atoms with van der Waals surface area (Å²) in [5, 5.41) is 12.1. The van der Waals surface area contributed by atoms with E-state index >= 15 is 0 Å². The maximum absolute atomic E-state index is 12.2. The van der Waals surface area contributed by atoms with E-state index in [0.29, 0.717) is 11.5 Å². The normalized spacial score (nSPS) is 18.4. The Morgan fingerprint density at radius 2 is 2.14 bits per heavy atom. The number of likely N-dealkylation sites (tertiary alicyclic amines) is 1. The number of anilines is 1. The second-order valence-electron chi connectivity index (χ2n) is 5.44. The van der Waals surface area contributed by atoms with Gasteiger partial charge in [0.25, 0.3) is 0 Å². The van der Waals surface area contributed by atoms with Gasteiger partial charge < -0.3 is 15.3 Å². The molecule has 0 aromatic carbocycles. The molecular weight excluding hydrogens is 292 g/mol. The average Bonchev–Trinajstić information content (AvgIpc) is 2.92. The Kier molecular flexibility index (Phi) is 4.32. The number of rotatable bonds is 4. The summed E-state index contributed by atoms with van der Waals surface area (Å²) >= 11 is 1.23. The molecule has 2 rings (SSSR count). The van der Waals surface area contributed by atoms with E-state index in [9.17, 15) is 14.4 Å². The molecule has 1 atom stereocenters. The van der Waals surface area contributed by atoms with Gasteiger partial charge in [0.1, 0.15) is 5.00 Å². The number of carboxylic acid groups (broad SMARTS) is 1. The molecule has 2 N–H and O–H groups in total. The molecule has 1 aromatic rings. The standard InChI is InChI=1S/C14H18N2O4S/c1-7(2)16-6-9(5-11(16)17)12(18)15-13-10(14(19)20)4-8(3)21-13/h4,7,9H,5-6H2,1-3H3,(H,15,18)(H,19,20). The molecule has 1 aromatic heterocycles. The van der Waals surface area contributed by atoms with Crippen LogP contribution in [0.4, 0.5) is 5.00 Å². The zero-order valence-electron chi connectivity index (χ0n) is 12.2. The number of nitrogens with one attached hydrogen (secondary N) is 1. The molecule has 6 nitrogen and oxygen atoms in total. The lowest BCUT2D eigenvalue weighted by atomic mass is 10.1. The highest BCUT2D eigenvalue weighted by molar-refractivity contribution is 7.16. The number of amides is 2. The van der Waals surface area contributed by atoms with Crippen molar-refractivity contribution in [2.24, 2.45) is 5.92 Å². The van der Waals surface area contributed by atoms with Gasteiger partial charge in [0, 0.05) is 23.9 Å². The largest absolute Gasteiger partial charge is 0.478 e. The number of aryl methyl sites for hydroxylation is 1. The molecular formula is C14H18N2O4S. The van der Waals surface area contributed by atoms with E-state index in [4.69, 9.17) is 5.11 Å². The topological polar surface area (TPSA) is 86.7 Å². The monoisotopic (exact) mass is 310 g/mol. The van der Waals surface area contributed by atoms with Crippen molar-refractivity contribution in [2.45, 2.75) is 33.2 Å². The van der Waals surface area contributed by atoms with Gasteiger partial charge in [0.15, 0.2) is 0 Å². The van der Waals surface area contributed by atoms with E-state index in [2.05, 4.69) is 5.32 Å². The first kappa shape index (κ1) is 15.5. The number of carboxylic acids is 1. The van der Waals surface area contributed by atoms with Crippen molar-refractivity contribution in [1.82, 2.24) is 4.90 Å². The lowest BCUT2D eigenvalue weighted by molar-refractivity contribution is -0.129. The predicted octanol–water partition coefficient (Wildman–Crippen LogP) is 1.95. The van der Waals surface area contributed by atoms with Gasteiger partial charge in [-0.15, -0.1) is 11.3 Å². The van der Waals surface area contributed by atoms with Crippen LogP contribution in [0.15, 0.2) is 6.07 Å². The molecule has 1 unspecified atom stereocenters. The molecule has 0 saturated carbocycles. The molecule has 1 aliphatic rings. The van der Waals surface area contributed by atoms with Crippen LogP contribution in [-0.2, 0) is 9.59 Å².